The first kappa shape index (κ1) is 13.1. The molecule has 106 valence electrons. The average Bonchev–Trinajstić information content (AvgIpc) is 3.05. The Bertz CT molecular complexity index is 568. The van der Waals surface area contributed by atoms with E-state index >= 15 is 0 Å². The van der Waals surface area contributed by atoms with Crippen molar-refractivity contribution in [3.63, 3.8) is 0 Å². The van der Waals surface area contributed by atoms with Crippen LogP contribution < -0.4 is 16.0 Å². The van der Waals surface area contributed by atoms with Gasteiger partial charge in [0.05, 0.1) is 11.7 Å². The lowest BCUT2D eigenvalue weighted by molar-refractivity contribution is 0.172. The van der Waals surface area contributed by atoms with Gasteiger partial charge in [0.25, 0.3) is 0 Å². The second kappa shape index (κ2) is 5.26. The normalized spacial score (nSPS) is 18.9. The molecule has 2 unspecified atom stereocenters. The van der Waals surface area contributed by atoms with E-state index in [4.69, 9.17) is 10.6 Å². The third-order valence-corrected chi connectivity index (χ3v) is 3.73. The number of nitrogens with two attached hydrogens (primary N) is 1. The third kappa shape index (κ3) is 2.19. The van der Waals surface area contributed by atoms with Gasteiger partial charge in [-0.15, -0.1) is 0 Å². The van der Waals surface area contributed by atoms with Crippen LogP contribution in [0.25, 0.3) is 0 Å². The number of hydrogen-bond donors (Lipinski definition) is 2. The predicted octanol–water partition coefficient (Wildman–Crippen LogP) is 1.97. The van der Waals surface area contributed by atoms with Crippen LogP contribution >= 0.6 is 0 Å². The Balaban J connectivity index is 1.87. The molecule has 0 amide bonds. The Morgan fingerprint density at radius 1 is 1.35 bits per heavy atom. The van der Waals surface area contributed by atoms with E-state index in [9.17, 15) is 0 Å². The van der Waals surface area contributed by atoms with Gasteiger partial charge in [-0.25, -0.2) is 5.43 Å². The highest BCUT2D eigenvalue weighted by atomic mass is 16.5. The van der Waals surface area contributed by atoms with Crippen molar-refractivity contribution < 1.29 is 4.74 Å². The number of nitrogens with zero attached hydrogens (tertiary/aromatic N) is 2. The summed E-state index contributed by atoms with van der Waals surface area (Å²) in [6.45, 7) is 4.21. The Kier molecular flexibility index (Phi) is 3.46. The van der Waals surface area contributed by atoms with Crippen molar-refractivity contribution in [3.8, 4) is 5.75 Å². The van der Waals surface area contributed by atoms with Crippen molar-refractivity contribution in [1.82, 2.24) is 15.2 Å². The van der Waals surface area contributed by atoms with E-state index in [1.807, 2.05) is 35.1 Å². The van der Waals surface area contributed by atoms with Crippen LogP contribution in [-0.2, 0) is 6.42 Å². The predicted molar refractivity (Wildman–Crippen MR) is 77.2 cm³/mol. The summed E-state index contributed by atoms with van der Waals surface area (Å²) in [5.74, 6) is 6.73. The van der Waals surface area contributed by atoms with Crippen molar-refractivity contribution in [3.05, 3.63) is 47.8 Å². The summed E-state index contributed by atoms with van der Waals surface area (Å²) in [5.41, 5.74) is 5.18. The number of aromatic nitrogens is 2. The number of hydrogen-bond acceptors (Lipinski definition) is 4. The topological polar surface area (TPSA) is 65.1 Å². The van der Waals surface area contributed by atoms with Gasteiger partial charge in [-0.2, -0.15) is 5.10 Å². The zero-order valence-corrected chi connectivity index (χ0v) is 11.8. The summed E-state index contributed by atoms with van der Waals surface area (Å²) < 4.78 is 8.02. The van der Waals surface area contributed by atoms with E-state index < -0.39 is 0 Å². The summed E-state index contributed by atoms with van der Waals surface area (Å²) in [5, 5.41) is 4.37. The Morgan fingerprint density at radius 3 is 2.85 bits per heavy atom. The van der Waals surface area contributed by atoms with E-state index in [1.165, 1.54) is 5.56 Å². The van der Waals surface area contributed by atoms with E-state index in [-0.39, 0.29) is 12.1 Å². The Labute approximate surface area is 118 Å². The quantitative estimate of drug-likeness (QED) is 0.660. The molecule has 3 rings (SSSR count). The molecule has 1 aromatic carbocycles. The lowest BCUT2D eigenvalue weighted by Crippen LogP contribution is -2.40. The number of hydrazine groups is 1. The van der Waals surface area contributed by atoms with Crippen molar-refractivity contribution in [2.45, 2.75) is 38.5 Å². The molecule has 0 saturated carbocycles. The molecule has 0 radical (unpaired) electrons. The second-order valence-corrected chi connectivity index (χ2v) is 5.41. The van der Waals surface area contributed by atoms with Crippen LogP contribution in [0.5, 0.6) is 5.75 Å². The fourth-order valence-corrected chi connectivity index (χ4v) is 2.78. The summed E-state index contributed by atoms with van der Waals surface area (Å²) in [7, 11) is 0. The first-order valence-corrected chi connectivity index (χ1v) is 6.95. The summed E-state index contributed by atoms with van der Waals surface area (Å²) in [4.78, 5) is 0. The minimum Gasteiger partial charge on any atom is -0.488 e. The van der Waals surface area contributed by atoms with Crippen LogP contribution in [0.1, 0.15) is 37.2 Å². The molecule has 0 spiro atoms. The number of benzene rings is 1. The van der Waals surface area contributed by atoms with Crippen LogP contribution in [0.2, 0.25) is 0 Å². The van der Waals surface area contributed by atoms with Crippen LogP contribution in [0.4, 0.5) is 0 Å². The molecular formula is C15H20N4O. The summed E-state index contributed by atoms with van der Waals surface area (Å²) >= 11 is 0. The van der Waals surface area contributed by atoms with Crippen molar-refractivity contribution in [2.24, 2.45) is 5.84 Å². The molecule has 1 aromatic heterocycles. The molecular weight excluding hydrogens is 252 g/mol. The smallest absolute Gasteiger partial charge is 0.125 e. The molecule has 0 fully saturated rings. The lowest BCUT2D eigenvalue weighted by atomic mass is 10.0. The zero-order chi connectivity index (χ0) is 14.1. The van der Waals surface area contributed by atoms with Gasteiger partial charge < -0.3 is 4.74 Å². The minimum absolute atomic E-state index is 0.00778. The van der Waals surface area contributed by atoms with Crippen LogP contribution in [0.15, 0.2) is 36.5 Å². The maximum Gasteiger partial charge on any atom is 0.125 e. The Morgan fingerprint density at radius 2 is 2.15 bits per heavy atom. The van der Waals surface area contributed by atoms with Gasteiger partial charge in [-0.05, 0) is 31.5 Å². The lowest BCUT2D eigenvalue weighted by Gasteiger charge is -2.24. The van der Waals surface area contributed by atoms with Crippen molar-refractivity contribution in [1.29, 1.82) is 0 Å². The van der Waals surface area contributed by atoms with Gasteiger partial charge in [0, 0.05) is 18.7 Å². The molecule has 0 saturated heterocycles. The number of nitrogens with one attached hydrogen (secondary N) is 1. The highest BCUT2D eigenvalue weighted by Gasteiger charge is 2.32. The Hall–Kier alpha value is -1.85. The van der Waals surface area contributed by atoms with E-state index in [0.717, 1.165) is 17.9 Å². The van der Waals surface area contributed by atoms with Crippen LogP contribution in [-0.4, -0.2) is 15.9 Å². The zero-order valence-electron chi connectivity index (χ0n) is 11.8. The largest absolute Gasteiger partial charge is 0.488 e. The van der Waals surface area contributed by atoms with Crippen LogP contribution in [0, 0.1) is 0 Å². The second-order valence-electron chi connectivity index (χ2n) is 5.41. The standard InChI is InChI=1S/C15H20N4O/c1-10(2)19-12(7-8-17-19)15(18-16)14-9-11-5-3-4-6-13(11)20-14/h3-8,10,14-15,18H,9,16H2,1-2H3. The van der Waals surface area contributed by atoms with E-state index in [1.54, 1.807) is 0 Å². The number of rotatable bonds is 4. The van der Waals surface area contributed by atoms with Crippen LogP contribution in [0.3, 0.4) is 0 Å². The summed E-state index contributed by atoms with van der Waals surface area (Å²) in [6.07, 6.45) is 2.66. The number of ether oxygens (including phenoxy) is 1. The molecule has 2 atom stereocenters. The first-order chi connectivity index (χ1) is 9.70. The molecule has 2 heterocycles. The van der Waals surface area contributed by atoms with Crippen molar-refractivity contribution in [2.75, 3.05) is 0 Å². The van der Waals surface area contributed by atoms with Gasteiger partial charge in [-0.3, -0.25) is 10.5 Å². The van der Waals surface area contributed by atoms with Gasteiger partial charge in [0.15, 0.2) is 0 Å². The average molecular weight is 272 g/mol. The van der Waals surface area contributed by atoms with Gasteiger partial charge in [-0.1, -0.05) is 18.2 Å². The molecule has 1 aliphatic heterocycles. The van der Waals surface area contributed by atoms with E-state index in [2.05, 4.69) is 30.4 Å². The highest BCUT2D eigenvalue weighted by Crippen LogP contribution is 2.34. The maximum absolute atomic E-state index is 6.03. The molecule has 20 heavy (non-hydrogen) atoms. The fourth-order valence-electron chi connectivity index (χ4n) is 2.78. The number of fused-ring (bicyclic) bond motifs is 1. The van der Waals surface area contributed by atoms with Crippen molar-refractivity contribution >= 4 is 0 Å². The molecule has 1 aliphatic rings. The molecule has 2 aromatic rings. The molecule has 3 N–H and O–H groups in total. The maximum atomic E-state index is 6.03. The monoisotopic (exact) mass is 272 g/mol. The van der Waals surface area contributed by atoms with Gasteiger partial charge in [0.2, 0.25) is 0 Å². The SMILES string of the molecule is CC(C)n1nccc1C(NN)C1Cc2ccccc2O1. The van der Waals surface area contributed by atoms with E-state index in [0.29, 0.717) is 6.04 Å². The fraction of sp³-hybridized carbons (Fsp3) is 0.400. The first-order valence-electron chi connectivity index (χ1n) is 6.95. The third-order valence-electron chi connectivity index (χ3n) is 3.73. The molecule has 0 aliphatic carbocycles. The summed E-state index contributed by atoms with van der Waals surface area (Å²) in [6, 6.07) is 10.3. The van der Waals surface area contributed by atoms with Gasteiger partial charge >= 0.3 is 0 Å². The highest BCUT2D eigenvalue weighted by molar-refractivity contribution is 5.38. The molecule has 5 heteroatoms. The van der Waals surface area contributed by atoms with Gasteiger partial charge in [0.1, 0.15) is 11.9 Å². The molecule has 5 nitrogen and oxygen atoms in total. The molecule has 0 bridgehead atoms. The number of para-hydroxylation sites is 1. The minimum atomic E-state index is -0.0766.